The molecule has 0 aliphatic rings. The Morgan fingerprint density at radius 1 is 1.24 bits per heavy atom. The van der Waals surface area contributed by atoms with Gasteiger partial charge < -0.3 is 9.84 Å². The van der Waals surface area contributed by atoms with Crippen LogP contribution in [0.5, 0.6) is 0 Å². The molecule has 2 aromatic carbocycles. The van der Waals surface area contributed by atoms with E-state index in [2.05, 4.69) is 31.4 Å². The van der Waals surface area contributed by atoms with E-state index in [-0.39, 0.29) is 12.5 Å². The summed E-state index contributed by atoms with van der Waals surface area (Å²) in [6.45, 7) is 0.195. The van der Waals surface area contributed by atoms with Crippen LogP contribution in [0.3, 0.4) is 0 Å². The average Bonchev–Trinajstić information content (AvgIpc) is 3.08. The maximum absolute atomic E-state index is 11.9. The number of nitrogens with one attached hydrogen (secondary N) is 1. The van der Waals surface area contributed by atoms with Gasteiger partial charge in [-0.05, 0) is 36.4 Å². The van der Waals surface area contributed by atoms with Crippen LogP contribution in [-0.2, 0) is 11.3 Å². The fraction of sp³-hybridized carbons (Fsp3) is 0.118. The Labute approximate surface area is 162 Å². The number of hydrogen-bond donors (Lipinski definition) is 1. The molecule has 1 aromatic heterocycles. The number of aromatic nitrogens is 2. The van der Waals surface area contributed by atoms with Gasteiger partial charge in [-0.3, -0.25) is 4.79 Å². The van der Waals surface area contributed by atoms with Crippen molar-refractivity contribution in [1.29, 1.82) is 0 Å². The molecule has 3 rings (SSSR count). The Balaban J connectivity index is 1.50. The van der Waals surface area contributed by atoms with Crippen molar-refractivity contribution in [3.8, 4) is 11.4 Å². The van der Waals surface area contributed by atoms with Crippen LogP contribution in [0.25, 0.3) is 11.4 Å². The van der Waals surface area contributed by atoms with E-state index < -0.39 is 0 Å². The molecule has 0 unspecified atom stereocenters. The molecular weight excluding hydrogens is 426 g/mol. The van der Waals surface area contributed by atoms with E-state index in [1.54, 1.807) is 12.1 Å². The molecule has 0 aliphatic heterocycles. The maximum Gasteiger partial charge on any atom is 0.246 e. The molecule has 1 heterocycles. The third-order valence-corrected chi connectivity index (χ3v) is 4.93. The lowest BCUT2D eigenvalue weighted by Gasteiger charge is -2.02. The number of nitrogens with zero attached hydrogens (tertiary/aromatic N) is 2. The van der Waals surface area contributed by atoms with Gasteiger partial charge in [0.15, 0.2) is 0 Å². The van der Waals surface area contributed by atoms with Crippen molar-refractivity contribution in [3.05, 3.63) is 63.9 Å². The number of hydrogen-bond acceptors (Lipinski definition) is 5. The van der Waals surface area contributed by atoms with E-state index in [9.17, 15) is 4.79 Å². The highest BCUT2D eigenvalue weighted by molar-refractivity contribution is 9.10. The topological polar surface area (TPSA) is 68.0 Å². The Morgan fingerprint density at radius 3 is 2.80 bits per heavy atom. The lowest BCUT2D eigenvalue weighted by molar-refractivity contribution is -0.118. The highest BCUT2D eigenvalue weighted by Gasteiger charge is 2.10. The number of benzene rings is 2. The standard InChI is InChI=1S/C17H13BrClN3O2S/c18-12-3-1-2-11(8-12)17-21-16(24-22-17)9-20-15(23)10-25-14-6-4-13(19)5-7-14/h1-8H,9-10H2,(H,20,23). The third kappa shape index (κ3) is 5.32. The summed E-state index contributed by atoms with van der Waals surface area (Å²) in [5, 5.41) is 7.37. The molecule has 3 aromatic rings. The first-order chi connectivity index (χ1) is 12.1. The largest absolute Gasteiger partial charge is 0.346 e. The smallest absolute Gasteiger partial charge is 0.246 e. The summed E-state index contributed by atoms with van der Waals surface area (Å²) in [5.41, 5.74) is 0.842. The predicted octanol–water partition coefficient (Wildman–Crippen LogP) is 4.56. The van der Waals surface area contributed by atoms with E-state index >= 15 is 0 Å². The minimum absolute atomic E-state index is 0.109. The molecule has 1 N–H and O–H groups in total. The van der Waals surface area contributed by atoms with Gasteiger partial charge >= 0.3 is 0 Å². The number of rotatable bonds is 6. The minimum Gasteiger partial charge on any atom is -0.346 e. The second-order valence-electron chi connectivity index (χ2n) is 5.04. The van der Waals surface area contributed by atoms with Crippen molar-refractivity contribution in [2.45, 2.75) is 11.4 Å². The maximum atomic E-state index is 11.9. The molecule has 0 radical (unpaired) electrons. The van der Waals surface area contributed by atoms with Gasteiger partial charge in [-0.2, -0.15) is 4.98 Å². The molecule has 0 bridgehead atoms. The lowest BCUT2D eigenvalue weighted by Crippen LogP contribution is -2.24. The molecule has 8 heteroatoms. The molecule has 128 valence electrons. The summed E-state index contributed by atoms with van der Waals surface area (Å²) in [6.07, 6.45) is 0. The van der Waals surface area contributed by atoms with Crippen molar-refractivity contribution in [2.24, 2.45) is 0 Å². The third-order valence-electron chi connectivity index (χ3n) is 3.17. The van der Waals surface area contributed by atoms with Crippen molar-refractivity contribution in [1.82, 2.24) is 15.5 Å². The van der Waals surface area contributed by atoms with Crippen molar-refractivity contribution in [2.75, 3.05) is 5.75 Å². The lowest BCUT2D eigenvalue weighted by atomic mass is 10.2. The van der Waals surface area contributed by atoms with Gasteiger partial charge in [0, 0.05) is 20.0 Å². The first-order valence-electron chi connectivity index (χ1n) is 7.34. The van der Waals surface area contributed by atoms with Crippen LogP contribution in [0.1, 0.15) is 5.89 Å². The first-order valence-corrected chi connectivity index (χ1v) is 9.49. The van der Waals surface area contributed by atoms with Crippen LogP contribution in [0.15, 0.2) is 62.4 Å². The van der Waals surface area contributed by atoms with E-state index in [1.807, 2.05) is 36.4 Å². The van der Waals surface area contributed by atoms with Crippen LogP contribution < -0.4 is 5.32 Å². The summed E-state index contributed by atoms with van der Waals surface area (Å²) >= 11 is 10.7. The minimum atomic E-state index is -0.109. The Morgan fingerprint density at radius 2 is 2.04 bits per heavy atom. The van der Waals surface area contributed by atoms with Gasteiger partial charge in [-0.1, -0.05) is 44.8 Å². The molecule has 0 fully saturated rings. The van der Waals surface area contributed by atoms with Gasteiger partial charge in [0.2, 0.25) is 17.6 Å². The fourth-order valence-corrected chi connectivity index (χ4v) is 3.23. The van der Waals surface area contributed by atoms with Gasteiger partial charge in [0.05, 0.1) is 12.3 Å². The Bertz CT molecular complexity index is 870. The summed E-state index contributed by atoms with van der Waals surface area (Å²) in [6, 6.07) is 14.9. The quantitative estimate of drug-likeness (QED) is 0.571. The van der Waals surface area contributed by atoms with E-state index in [4.69, 9.17) is 16.1 Å². The van der Waals surface area contributed by atoms with Gasteiger partial charge in [-0.15, -0.1) is 11.8 Å². The fourth-order valence-electron chi connectivity index (χ4n) is 1.98. The monoisotopic (exact) mass is 437 g/mol. The van der Waals surface area contributed by atoms with E-state index in [0.29, 0.717) is 22.5 Å². The Hall–Kier alpha value is -1.83. The molecule has 25 heavy (non-hydrogen) atoms. The van der Waals surface area contributed by atoms with Crippen molar-refractivity contribution < 1.29 is 9.32 Å². The molecule has 0 spiro atoms. The summed E-state index contributed by atoms with van der Waals surface area (Å²) in [7, 11) is 0. The van der Waals surface area contributed by atoms with E-state index in [0.717, 1.165) is 14.9 Å². The number of thioether (sulfide) groups is 1. The zero-order valence-electron chi connectivity index (χ0n) is 12.9. The van der Waals surface area contributed by atoms with Crippen LogP contribution in [-0.4, -0.2) is 21.8 Å². The van der Waals surface area contributed by atoms with Crippen LogP contribution >= 0.6 is 39.3 Å². The second kappa shape index (κ2) is 8.51. The van der Waals surface area contributed by atoms with Crippen LogP contribution in [0.4, 0.5) is 0 Å². The highest BCUT2D eigenvalue weighted by atomic mass is 79.9. The first kappa shape index (κ1) is 18.0. The van der Waals surface area contributed by atoms with Crippen LogP contribution in [0.2, 0.25) is 5.02 Å². The molecule has 1 amide bonds. The van der Waals surface area contributed by atoms with Crippen LogP contribution in [0, 0.1) is 0 Å². The number of halogens is 2. The van der Waals surface area contributed by atoms with Gasteiger partial charge in [0.25, 0.3) is 0 Å². The summed E-state index contributed by atoms with van der Waals surface area (Å²) in [5.74, 6) is 1.04. The molecule has 0 saturated carbocycles. The average molecular weight is 439 g/mol. The molecular formula is C17H13BrClN3O2S. The zero-order valence-corrected chi connectivity index (χ0v) is 16.1. The normalized spacial score (nSPS) is 10.6. The van der Waals surface area contributed by atoms with Crippen molar-refractivity contribution >= 4 is 45.2 Å². The summed E-state index contributed by atoms with van der Waals surface area (Å²) < 4.78 is 6.11. The number of carbonyl (C=O) groups is 1. The number of carbonyl (C=O) groups excluding carboxylic acids is 1. The predicted molar refractivity (Wildman–Crippen MR) is 101 cm³/mol. The summed E-state index contributed by atoms with van der Waals surface area (Å²) in [4.78, 5) is 17.2. The van der Waals surface area contributed by atoms with Crippen molar-refractivity contribution in [3.63, 3.8) is 0 Å². The van der Waals surface area contributed by atoms with Gasteiger partial charge in [-0.25, -0.2) is 0 Å². The molecule has 0 saturated heterocycles. The highest BCUT2D eigenvalue weighted by Crippen LogP contribution is 2.21. The van der Waals surface area contributed by atoms with E-state index in [1.165, 1.54) is 11.8 Å². The Kier molecular flexibility index (Phi) is 6.12. The second-order valence-corrected chi connectivity index (χ2v) is 7.44. The SMILES string of the molecule is O=C(CSc1ccc(Cl)cc1)NCc1nc(-c2cccc(Br)c2)no1. The van der Waals surface area contributed by atoms with Gasteiger partial charge in [0.1, 0.15) is 0 Å². The molecule has 5 nitrogen and oxygen atoms in total. The molecule has 0 atom stereocenters. The number of amides is 1. The molecule has 0 aliphatic carbocycles. The zero-order chi connectivity index (χ0) is 17.6.